The third-order valence-corrected chi connectivity index (χ3v) is 6.39. The molecule has 0 radical (unpaired) electrons. The van der Waals surface area contributed by atoms with Gasteiger partial charge in [-0.25, -0.2) is 14.4 Å². The highest BCUT2D eigenvalue weighted by Crippen LogP contribution is 2.29. The monoisotopic (exact) mass is 518 g/mol. The van der Waals surface area contributed by atoms with Crippen LogP contribution < -0.4 is 10.2 Å². The summed E-state index contributed by atoms with van der Waals surface area (Å²) >= 11 is 0. The number of carbonyl (C=O) groups excluding carboxylic acids is 3. The van der Waals surface area contributed by atoms with Crippen LogP contribution in [0.2, 0.25) is 0 Å². The Morgan fingerprint density at radius 2 is 1.76 bits per heavy atom. The van der Waals surface area contributed by atoms with Gasteiger partial charge in [0, 0.05) is 39.3 Å². The van der Waals surface area contributed by atoms with Crippen LogP contribution in [0, 0.1) is 5.92 Å². The third kappa shape index (κ3) is 6.84. The Morgan fingerprint density at radius 3 is 2.32 bits per heavy atom. The van der Waals surface area contributed by atoms with Crippen molar-refractivity contribution in [2.45, 2.75) is 77.9 Å². The molecule has 0 aromatic heterocycles. The Balaban J connectivity index is 1.66. The number of fused-ring (bicyclic) bond motifs is 1. The summed E-state index contributed by atoms with van der Waals surface area (Å²) in [4.78, 5) is 55.3. The Kier molecular flexibility index (Phi) is 8.24. The molecule has 1 fully saturated rings. The smallest absolute Gasteiger partial charge is 0.410 e. The zero-order chi connectivity index (χ0) is 27.7. The van der Waals surface area contributed by atoms with Crippen molar-refractivity contribution in [2.75, 3.05) is 25.5 Å². The van der Waals surface area contributed by atoms with Crippen LogP contribution in [0.1, 0.15) is 52.2 Å². The van der Waals surface area contributed by atoms with Crippen molar-refractivity contribution < 1.29 is 33.8 Å². The Morgan fingerprint density at radius 1 is 1.11 bits per heavy atom. The van der Waals surface area contributed by atoms with Crippen molar-refractivity contribution in [3.63, 3.8) is 0 Å². The average Bonchev–Trinajstić information content (AvgIpc) is 3.39. The predicted octanol–water partition coefficient (Wildman–Crippen LogP) is 2.81. The molecule has 3 rings (SSSR count). The molecule has 11 heteroatoms. The van der Waals surface area contributed by atoms with Gasteiger partial charge in [-0.15, -0.1) is 0 Å². The second-order valence-electron chi connectivity index (χ2n) is 11.2. The first-order chi connectivity index (χ1) is 17.2. The lowest BCUT2D eigenvalue weighted by Gasteiger charge is -2.30. The largest absolute Gasteiger partial charge is 0.480 e. The van der Waals surface area contributed by atoms with E-state index < -0.39 is 47.9 Å². The Labute approximate surface area is 217 Å². The molecule has 3 amide bonds. The third-order valence-electron chi connectivity index (χ3n) is 6.39. The summed E-state index contributed by atoms with van der Waals surface area (Å²) in [5, 5.41) is 12.3. The van der Waals surface area contributed by atoms with Crippen LogP contribution in [0.3, 0.4) is 0 Å². The molecular formula is C26H38N4O7. The highest BCUT2D eigenvalue weighted by atomic mass is 16.6. The van der Waals surface area contributed by atoms with E-state index in [2.05, 4.69) is 5.32 Å². The van der Waals surface area contributed by atoms with Gasteiger partial charge in [0.15, 0.2) is 0 Å². The van der Waals surface area contributed by atoms with Gasteiger partial charge in [0.25, 0.3) is 0 Å². The lowest BCUT2D eigenvalue weighted by atomic mass is 10.0. The highest BCUT2D eigenvalue weighted by Gasteiger charge is 2.45. The minimum atomic E-state index is -1.20. The van der Waals surface area contributed by atoms with Crippen LogP contribution in [0.5, 0.6) is 0 Å². The van der Waals surface area contributed by atoms with Gasteiger partial charge in [-0.1, -0.05) is 19.9 Å². The fraction of sp³-hybridized carbons (Fsp3) is 0.615. The van der Waals surface area contributed by atoms with Gasteiger partial charge >= 0.3 is 18.2 Å². The molecule has 2 heterocycles. The van der Waals surface area contributed by atoms with Crippen molar-refractivity contribution >= 4 is 29.8 Å². The van der Waals surface area contributed by atoms with E-state index in [-0.39, 0.29) is 18.9 Å². The first-order valence-corrected chi connectivity index (χ1v) is 12.4. The molecule has 1 aromatic rings. The lowest BCUT2D eigenvalue weighted by Crippen LogP contribution is -2.54. The van der Waals surface area contributed by atoms with E-state index in [1.54, 1.807) is 39.5 Å². The number of amides is 3. The van der Waals surface area contributed by atoms with Gasteiger partial charge in [-0.05, 0) is 49.9 Å². The van der Waals surface area contributed by atoms with Crippen molar-refractivity contribution in [3.8, 4) is 0 Å². The number of likely N-dealkylation sites (tertiary alicyclic amines) is 1. The standard InChI is InChI=1S/C26H38N4O7/c1-15(2)21(27-24(34)37-26(3,4)5)22(31)30-14-19(11-20(30)23(32)33)36-25(35)29-12-16-8-9-18(28(6)7)10-17(16)13-29/h8-10,15,19-21H,11-14H2,1-7H3,(H,27,34)(H,32,33)/t19-,20+,21+/m1/s1. The molecule has 3 atom stereocenters. The Hall–Kier alpha value is -3.50. The minimum Gasteiger partial charge on any atom is -0.480 e. The number of ether oxygens (including phenoxy) is 2. The summed E-state index contributed by atoms with van der Waals surface area (Å²) in [7, 11) is 3.89. The van der Waals surface area contributed by atoms with E-state index in [4.69, 9.17) is 9.47 Å². The van der Waals surface area contributed by atoms with Crippen molar-refractivity contribution in [1.29, 1.82) is 0 Å². The molecule has 204 valence electrons. The van der Waals surface area contributed by atoms with Crippen LogP contribution in [-0.2, 0) is 32.2 Å². The van der Waals surface area contributed by atoms with Crippen molar-refractivity contribution in [3.05, 3.63) is 29.3 Å². The number of alkyl carbamates (subject to hydrolysis) is 1. The number of nitrogens with zero attached hydrogens (tertiary/aromatic N) is 3. The number of nitrogens with one attached hydrogen (secondary N) is 1. The predicted molar refractivity (Wildman–Crippen MR) is 136 cm³/mol. The van der Waals surface area contributed by atoms with Crippen LogP contribution in [0.15, 0.2) is 18.2 Å². The number of aliphatic carboxylic acids is 1. The van der Waals surface area contributed by atoms with Gasteiger partial charge < -0.3 is 29.7 Å². The molecule has 11 nitrogen and oxygen atoms in total. The van der Waals surface area contributed by atoms with Gasteiger partial charge in [0.1, 0.15) is 23.8 Å². The summed E-state index contributed by atoms with van der Waals surface area (Å²) < 4.78 is 10.9. The van der Waals surface area contributed by atoms with E-state index in [9.17, 15) is 24.3 Å². The summed E-state index contributed by atoms with van der Waals surface area (Å²) in [6.45, 7) is 9.33. The SMILES string of the molecule is CC(C)[C@H](NC(=O)OC(C)(C)C)C(=O)N1C[C@H](OC(=O)N2Cc3ccc(N(C)C)cc3C2)C[C@H]1C(=O)O. The molecule has 0 unspecified atom stereocenters. The number of carboxylic acids is 1. The van der Waals surface area contributed by atoms with Gasteiger partial charge in [-0.3, -0.25) is 9.69 Å². The maximum Gasteiger partial charge on any atom is 0.410 e. The van der Waals surface area contributed by atoms with Crippen LogP contribution in [-0.4, -0.2) is 83.4 Å². The number of rotatable bonds is 6. The van der Waals surface area contributed by atoms with Crippen LogP contribution in [0.4, 0.5) is 15.3 Å². The van der Waals surface area contributed by atoms with E-state index in [0.717, 1.165) is 16.8 Å². The zero-order valence-corrected chi connectivity index (χ0v) is 22.6. The zero-order valence-electron chi connectivity index (χ0n) is 22.6. The molecule has 1 aromatic carbocycles. The molecule has 2 aliphatic rings. The molecule has 0 bridgehead atoms. The van der Waals surface area contributed by atoms with Crippen LogP contribution >= 0.6 is 0 Å². The molecule has 1 saturated heterocycles. The number of carbonyl (C=O) groups is 4. The number of carboxylic acid groups (broad SMARTS) is 1. The summed E-state index contributed by atoms with van der Waals surface area (Å²) in [6, 6.07) is 3.83. The van der Waals surface area contributed by atoms with E-state index in [1.807, 2.05) is 37.2 Å². The second-order valence-corrected chi connectivity index (χ2v) is 11.2. The summed E-state index contributed by atoms with van der Waals surface area (Å²) in [5.74, 6) is -2.08. The maximum absolute atomic E-state index is 13.4. The minimum absolute atomic E-state index is 0.0321. The van der Waals surface area contributed by atoms with E-state index in [0.29, 0.717) is 13.1 Å². The molecule has 0 spiro atoms. The fourth-order valence-electron chi connectivity index (χ4n) is 4.49. The van der Waals surface area contributed by atoms with Gasteiger partial charge in [-0.2, -0.15) is 0 Å². The molecule has 37 heavy (non-hydrogen) atoms. The molecule has 0 saturated carbocycles. The molecule has 2 aliphatic heterocycles. The number of benzene rings is 1. The van der Waals surface area contributed by atoms with Crippen molar-refractivity contribution in [1.82, 2.24) is 15.1 Å². The lowest BCUT2D eigenvalue weighted by molar-refractivity contribution is -0.149. The normalized spacial score (nSPS) is 19.9. The molecule has 2 N–H and O–H groups in total. The van der Waals surface area contributed by atoms with E-state index >= 15 is 0 Å². The average molecular weight is 519 g/mol. The number of hydrogen-bond donors (Lipinski definition) is 2. The van der Waals surface area contributed by atoms with Gasteiger partial charge in [0.2, 0.25) is 5.91 Å². The van der Waals surface area contributed by atoms with Crippen LogP contribution in [0.25, 0.3) is 0 Å². The second kappa shape index (κ2) is 10.9. The first-order valence-electron chi connectivity index (χ1n) is 12.4. The molecule has 0 aliphatic carbocycles. The van der Waals surface area contributed by atoms with Crippen molar-refractivity contribution in [2.24, 2.45) is 5.92 Å². The fourth-order valence-corrected chi connectivity index (χ4v) is 4.49. The maximum atomic E-state index is 13.4. The topological polar surface area (TPSA) is 129 Å². The number of anilines is 1. The van der Waals surface area contributed by atoms with Gasteiger partial charge in [0.05, 0.1) is 6.54 Å². The molecular weight excluding hydrogens is 480 g/mol. The Bertz CT molecular complexity index is 1050. The summed E-state index contributed by atoms with van der Waals surface area (Å²) in [5.41, 5.74) is 2.34. The summed E-state index contributed by atoms with van der Waals surface area (Å²) in [6.07, 6.45) is -2.14. The quantitative estimate of drug-likeness (QED) is 0.588. The number of hydrogen-bond acceptors (Lipinski definition) is 7. The highest BCUT2D eigenvalue weighted by molar-refractivity contribution is 5.90. The van der Waals surface area contributed by atoms with E-state index in [1.165, 1.54) is 4.90 Å². The first kappa shape index (κ1) is 28.1.